The number of rotatable bonds is 3. The summed E-state index contributed by atoms with van der Waals surface area (Å²) < 4.78 is 11.0. The maximum absolute atomic E-state index is 6.37. The molecule has 1 aromatic carbocycles. The van der Waals surface area contributed by atoms with Crippen LogP contribution in [0.4, 0.5) is 0 Å². The van der Waals surface area contributed by atoms with Gasteiger partial charge in [-0.05, 0) is 42.9 Å². The van der Waals surface area contributed by atoms with E-state index in [9.17, 15) is 0 Å². The molecule has 3 heteroatoms. The van der Waals surface area contributed by atoms with Crippen molar-refractivity contribution >= 4 is 0 Å². The van der Waals surface area contributed by atoms with Crippen LogP contribution in [0.15, 0.2) is 18.2 Å². The number of ether oxygens (including phenoxy) is 2. The fraction of sp³-hybridized carbons (Fsp3) is 0.600. The summed E-state index contributed by atoms with van der Waals surface area (Å²) in [5.41, 5.74) is 8.97. The standard InChI is InChI=1S/C15H21NO2/c16-15(6-1-8-17-11-15)7-4-12-2-3-14-13(10-12)5-9-18-14/h2-3,10H,1,4-9,11,16H2. The molecule has 3 rings (SSSR count). The average Bonchev–Trinajstić information content (AvgIpc) is 2.85. The molecule has 0 bridgehead atoms. The predicted octanol–water partition coefficient (Wildman–Crippen LogP) is 2.06. The SMILES string of the molecule is NC1(CCc2ccc3c(c2)CCO3)CCCOC1. The lowest BCUT2D eigenvalue weighted by molar-refractivity contribution is 0.0346. The molecule has 0 aliphatic carbocycles. The van der Waals surface area contributed by atoms with Gasteiger partial charge in [-0.2, -0.15) is 0 Å². The Kier molecular flexibility index (Phi) is 3.27. The van der Waals surface area contributed by atoms with Gasteiger partial charge in [0.25, 0.3) is 0 Å². The van der Waals surface area contributed by atoms with Crippen molar-refractivity contribution in [3.63, 3.8) is 0 Å². The second-order valence-corrected chi connectivity index (χ2v) is 5.56. The van der Waals surface area contributed by atoms with Crippen molar-refractivity contribution in [1.29, 1.82) is 0 Å². The Hall–Kier alpha value is -1.06. The second-order valence-electron chi connectivity index (χ2n) is 5.56. The van der Waals surface area contributed by atoms with Crippen molar-refractivity contribution < 1.29 is 9.47 Å². The molecule has 1 fully saturated rings. The van der Waals surface area contributed by atoms with Crippen LogP contribution in [0.2, 0.25) is 0 Å². The Morgan fingerprint density at radius 2 is 2.22 bits per heavy atom. The molecular formula is C15H21NO2. The summed E-state index contributed by atoms with van der Waals surface area (Å²) in [5.74, 6) is 1.06. The molecule has 2 N–H and O–H groups in total. The van der Waals surface area contributed by atoms with Gasteiger partial charge in [-0.3, -0.25) is 0 Å². The first-order valence-corrected chi connectivity index (χ1v) is 6.86. The Bertz CT molecular complexity index is 425. The summed E-state index contributed by atoms with van der Waals surface area (Å²) in [5, 5.41) is 0. The smallest absolute Gasteiger partial charge is 0.122 e. The zero-order valence-corrected chi connectivity index (χ0v) is 10.8. The summed E-state index contributed by atoms with van der Waals surface area (Å²) in [6, 6.07) is 6.53. The molecule has 2 aliphatic rings. The maximum atomic E-state index is 6.37. The van der Waals surface area contributed by atoms with Crippen LogP contribution < -0.4 is 10.5 Å². The van der Waals surface area contributed by atoms with E-state index in [-0.39, 0.29) is 5.54 Å². The monoisotopic (exact) mass is 247 g/mol. The maximum Gasteiger partial charge on any atom is 0.122 e. The van der Waals surface area contributed by atoms with Crippen LogP contribution in [-0.4, -0.2) is 25.4 Å². The molecule has 0 spiro atoms. The van der Waals surface area contributed by atoms with Gasteiger partial charge in [-0.25, -0.2) is 0 Å². The first-order valence-electron chi connectivity index (χ1n) is 6.86. The fourth-order valence-corrected chi connectivity index (χ4v) is 2.86. The molecule has 1 saturated heterocycles. The van der Waals surface area contributed by atoms with Gasteiger partial charge < -0.3 is 15.2 Å². The summed E-state index contributed by atoms with van der Waals surface area (Å²) >= 11 is 0. The zero-order valence-electron chi connectivity index (χ0n) is 10.8. The van der Waals surface area contributed by atoms with Gasteiger partial charge in [-0.15, -0.1) is 0 Å². The molecule has 2 heterocycles. The van der Waals surface area contributed by atoms with Gasteiger partial charge in [0.05, 0.1) is 13.2 Å². The number of fused-ring (bicyclic) bond motifs is 1. The minimum absolute atomic E-state index is 0.117. The topological polar surface area (TPSA) is 44.5 Å². The van der Waals surface area contributed by atoms with Crippen LogP contribution in [0, 0.1) is 0 Å². The molecule has 1 aromatic rings. The number of nitrogens with two attached hydrogens (primary N) is 1. The summed E-state index contributed by atoms with van der Waals surface area (Å²) in [4.78, 5) is 0. The van der Waals surface area contributed by atoms with Crippen LogP contribution >= 0.6 is 0 Å². The van der Waals surface area contributed by atoms with Crippen LogP contribution in [-0.2, 0) is 17.6 Å². The highest BCUT2D eigenvalue weighted by Gasteiger charge is 2.27. The Morgan fingerprint density at radius 1 is 1.28 bits per heavy atom. The van der Waals surface area contributed by atoms with Gasteiger partial charge in [0, 0.05) is 18.6 Å². The highest BCUT2D eigenvalue weighted by atomic mass is 16.5. The third-order valence-corrected chi connectivity index (χ3v) is 4.02. The molecule has 1 atom stereocenters. The first-order chi connectivity index (χ1) is 8.75. The molecule has 2 aliphatic heterocycles. The molecule has 0 amide bonds. The highest BCUT2D eigenvalue weighted by Crippen LogP contribution is 2.28. The van der Waals surface area contributed by atoms with Gasteiger partial charge >= 0.3 is 0 Å². The van der Waals surface area contributed by atoms with Gasteiger partial charge in [0.15, 0.2) is 0 Å². The van der Waals surface area contributed by atoms with Crippen LogP contribution in [0.1, 0.15) is 30.4 Å². The van der Waals surface area contributed by atoms with Crippen LogP contribution in [0.3, 0.4) is 0 Å². The number of benzene rings is 1. The third kappa shape index (κ3) is 2.52. The fourth-order valence-electron chi connectivity index (χ4n) is 2.86. The molecule has 0 aromatic heterocycles. The lowest BCUT2D eigenvalue weighted by Gasteiger charge is -2.33. The number of hydrogen-bond donors (Lipinski definition) is 1. The number of aryl methyl sites for hydroxylation is 1. The molecular weight excluding hydrogens is 226 g/mol. The molecule has 98 valence electrons. The molecule has 0 radical (unpaired) electrons. The Morgan fingerprint density at radius 3 is 3.06 bits per heavy atom. The average molecular weight is 247 g/mol. The minimum Gasteiger partial charge on any atom is -0.493 e. The molecule has 0 saturated carbocycles. The van der Waals surface area contributed by atoms with Crippen molar-refractivity contribution in [2.24, 2.45) is 5.73 Å². The van der Waals surface area contributed by atoms with E-state index < -0.39 is 0 Å². The third-order valence-electron chi connectivity index (χ3n) is 4.02. The predicted molar refractivity (Wildman–Crippen MR) is 70.9 cm³/mol. The minimum atomic E-state index is -0.117. The van der Waals surface area contributed by atoms with E-state index in [1.54, 1.807) is 0 Å². The Labute approximate surface area is 108 Å². The molecule has 3 nitrogen and oxygen atoms in total. The lowest BCUT2D eigenvalue weighted by atomic mass is 9.87. The van der Waals surface area contributed by atoms with Crippen LogP contribution in [0.5, 0.6) is 5.75 Å². The molecule has 1 unspecified atom stereocenters. The van der Waals surface area contributed by atoms with Crippen molar-refractivity contribution in [2.45, 2.75) is 37.6 Å². The van der Waals surface area contributed by atoms with E-state index in [0.29, 0.717) is 6.61 Å². The lowest BCUT2D eigenvalue weighted by Crippen LogP contribution is -2.47. The van der Waals surface area contributed by atoms with Crippen molar-refractivity contribution in [3.8, 4) is 5.75 Å². The largest absolute Gasteiger partial charge is 0.493 e. The van der Waals surface area contributed by atoms with E-state index in [0.717, 1.165) is 51.1 Å². The summed E-state index contributed by atoms with van der Waals surface area (Å²) in [7, 11) is 0. The van der Waals surface area contributed by atoms with Crippen molar-refractivity contribution in [2.75, 3.05) is 19.8 Å². The zero-order chi connectivity index (χ0) is 12.4. The first kappa shape index (κ1) is 12.0. The molecule has 18 heavy (non-hydrogen) atoms. The van der Waals surface area contributed by atoms with E-state index in [2.05, 4.69) is 18.2 Å². The van der Waals surface area contributed by atoms with Gasteiger partial charge in [-0.1, -0.05) is 12.1 Å². The summed E-state index contributed by atoms with van der Waals surface area (Å²) in [6.45, 7) is 2.41. The van der Waals surface area contributed by atoms with Gasteiger partial charge in [0.2, 0.25) is 0 Å². The van der Waals surface area contributed by atoms with Crippen LogP contribution in [0.25, 0.3) is 0 Å². The van der Waals surface area contributed by atoms with E-state index in [4.69, 9.17) is 15.2 Å². The van der Waals surface area contributed by atoms with E-state index in [1.165, 1.54) is 11.1 Å². The summed E-state index contributed by atoms with van der Waals surface area (Å²) in [6.07, 6.45) is 5.26. The highest BCUT2D eigenvalue weighted by molar-refractivity contribution is 5.39. The number of hydrogen-bond acceptors (Lipinski definition) is 3. The second kappa shape index (κ2) is 4.90. The van der Waals surface area contributed by atoms with E-state index >= 15 is 0 Å². The van der Waals surface area contributed by atoms with Crippen molar-refractivity contribution in [1.82, 2.24) is 0 Å². The van der Waals surface area contributed by atoms with Crippen molar-refractivity contribution in [3.05, 3.63) is 29.3 Å². The van der Waals surface area contributed by atoms with E-state index in [1.807, 2.05) is 0 Å². The normalized spacial score (nSPS) is 26.7. The Balaban J connectivity index is 1.62. The quantitative estimate of drug-likeness (QED) is 0.889. The van der Waals surface area contributed by atoms with Gasteiger partial charge in [0.1, 0.15) is 5.75 Å².